The average Bonchev–Trinajstić information content (AvgIpc) is 2.78. The van der Waals surface area contributed by atoms with Gasteiger partial charge < -0.3 is 5.73 Å². The van der Waals surface area contributed by atoms with Gasteiger partial charge in [0, 0.05) is 17.4 Å². The Kier molecular flexibility index (Phi) is 3.66. The van der Waals surface area contributed by atoms with Gasteiger partial charge in [-0.15, -0.1) is 11.3 Å². The van der Waals surface area contributed by atoms with Gasteiger partial charge in [-0.25, -0.2) is 4.98 Å². The number of ketones is 1. The van der Waals surface area contributed by atoms with E-state index in [-0.39, 0.29) is 5.78 Å². The molecule has 0 saturated heterocycles. The molecule has 0 aliphatic rings. The summed E-state index contributed by atoms with van der Waals surface area (Å²) in [4.78, 5) is 16.4. The molecule has 0 spiro atoms. The van der Waals surface area contributed by atoms with Gasteiger partial charge in [0.05, 0.1) is 5.01 Å². The van der Waals surface area contributed by atoms with Crippen molar-refractivity contribution in [3.63, 3.8) is 0 Å². The van der Waals surface area contributed by atoms with Crippen LogP contribution in [0.4, 0.5) is 0 Å². The highest BCUT2D eigenvalue weighted by Gasteiger charge is 2.12. The average molecular weight is 246 g/mol. The second-order valence-corrected chi connectivity index (χ2v) is 4.80. The molecule has 17 heavy (non-hydrogen) atoms. The molecule has 0 aliphatic heterocycles. The van der Waals surface area contributed by atoms with E-state index in [4.69, 9.17) is 5.73 Å². The van der Waals surface area contributed by atoms with Crippen molar-refractivity contribution in [2.75, 3.05) is 6.54 Å². The molecule has 1 heterocycles. The molecule has 0 atom stereocenters. The zero-order valence-electron chi connectivity index (χ0n) is 9.64. The number of aryl methyl sites for hydroxylation is 1. The number of nitrogens with zero attached hydrogens (tertiary/aromatic N) is 1. The fourth-order valence-corrected chi connectivity index (χ4v) is 2.30. The van der Waals surface area contributed by atoms with E-state index in [2.05, 4.69) is 4.98 Å². The van der Waals surface area contributed by atoms with Gasteiger partial charge in [0.2, 0.25) is 5.78 Å². The molecular formula is C13H14N2OS. The van der Waals surface area contributed by atoms with Crippen molar-refractivity contribution in [1.29, 1.82) is 0 Å². The molecule has 0 saturated carbocycles. The number of hydrogen-bond donors (Lipinski definition) is 1. The minimum absolute atomic E-state index is 0.0236. The quantitative estimate of drug-likeness (QED) is 0.841. The highest BCUT2D eigenvalue weighted by Crippen LogP contribution is 2.14. The first-order chi connectivity index (χ1) is 8.20. The van der Waals surface area contributed by atoms with E-state index in [0.717, 1.165) is 17.0 Å². The molecule has 0 bridgehead atoms. The third-order valence-corrected chi connectivity index (χ3v) is 3.36. The fourth-order valence-electron chi connectivity index (χ4n) is 1.51. The van der Waals surface area contributed by atoms with Crippen LogP contribution in [0.1, 0.15) is 26.6 Å². The van der Waals surface area contributed by atoms with Gasteiger partial charge in [0.15, 0.2) is 0 Å². The second kappa shape index (κ2) is 5.21. The Morgan fingerprint density at radius 3 is 2.71 bits per heavy atom. The molecule has 0 amide bonds. The van der Waals surface area contributed by atoms with Crippen LogP contribution in [0.25, 0.3) is 0 Å². The van der Waals surface area contributed by atoms with Gasteiger partial charge in [-0.3, -0.25) is 4.79 Å². The van der Waals surface area contributed by atoms with E-state index >= 15 is 0 Å². The summed E-state index contributed by atoms with van der Waals surface area (Å²) >= 11 is 1.49. The molecule has 4 heteroatoms. The van der Waals surface area contributed by atoms with Crippen LogP contribution < -0.4 is 5.73 Å². The molecule has 0 aliphatic carbocycles. The number of hydrogen-bond acceptors (Lipinski definition) is 4. The van der Waals surface area contributed by atoms with E-state index in [9.17, 15) is 4.79 Å². The predicted molar refractivity (Wildman–Crippen MR) is 69.5 cm³/mol. The van der Waals surface area contributed by atoms with Crippen molar-refractivity contribution in [2.45, 2.75) is 13.3 Å². The normalized spacial score (nSPS) is 10.5. The molecule has 2 aromatic rings. The lowest BCUT2D eigenvalue weighted by molar-refractivity contribution is 0.103. The molecule has 0 fully saturated rings. The molecule has 0 radical (unpaired) electrons. The van der Waals surface area contributed by atoms with Crippen LogP contribution in [0.5, 0.6) is 0 Å². The molecule has 0 unspecified atom stereocenters. The lowest BCUT2D eigenvalue weighted by Gasteiger charge is -1.98. The Hall–Kier alpha value is -1.52. The van der Waals surface area contributed by atoms with Gasteiger partial charge in [-0.05, 0) is 13.5 Å². The SMILES string of the molecule is Cc1ccc(C(=O)c2csc(CCN)n2)cc1. The summed E-state index contributed by atoms with van der Waals surface area (Å²) in [6, 6.07) is 7.53. The highest BCUT2D eigenvalue weighted by atomic mass is 32.1. The molecule has 3 nitrogen and oxygen atoms in total. The maximum Gasteiger partial charge on any atom is 0.212 e. The number of carbonyl (C=O) groups is 1. The van der Waals surface area contributed by atoms with Crippen molar-refractivity contribution < 1.29 is 4.79 Å². The predicted octanol–water partition coefficient (Wildman–Crippen LogP) is 2.18. The van der Waals surface area contributed by atoms with Gasteiger partial charge in [-0.1, -0.05) is 29.8 Å². The van der Waals surface area contributed by atoms with Crippen LogP contribution in [-0.4, -0.2) is 17.3 Å². The largest absolute Gasteiger partial charge is 0.330 e. The summed E-state index contributed by atoms with van der Waals surface area (Å²) in [5, 5.41) is 2.72. The lowest BCUT2D eigenvalue weighted by atomic mass is 10.1. The maximum absolute atomic E-state index is 12.1. The summed E-state index contributed by atoms with van der Waals surface area (Å²) in [7, 11) is 0. The summed E-state index contributed by atoms with van der Waals surface area (Å²) in [6.07, 6.45) is 0.728. The maximum atomic E-state index is 12.1. The summed E-state index contributed by atoms with van der Waals surface area (Å²) in [5.74, 6) is -0.0236. The smallest absolute Gasteiger partial charge is 0.212 e. The molecular weight excluding hydrogens is 232 g/mol. The number of rotatable bonds is 4. The van der Waals surface area contributed by atoms with Crippen molar-refractivity contribution >= 4 is 17.1 Å². The Morgan fingerprint density at radius 1 is 1.35 bits per heavy atom. The number of carbonyl (C=O) groups excluding carboxylic acids is 1. The van der Waals surface area contributed by atoms with Crippen molar-refractivity contribution in [1.82, 2.24) is 4.98 Å². The Balaban J connectivity index is 2.21. The van der Waals surface area contributed by atoms with Gasteiger partial charge in [0.1, 0.15) is 5.69 Å². The van der Waals surface area contributed by atoms with Crippen LogP contribution in [0, 0.1) is 6.92 Å². The summed E-state index contributed by atoms with van der Waals surface area (Å²) in [5.41, 5.74) is 7.79. The van der Waals surface area contributed by atoms with E-state index in [0.29, 0.717) is 17.8 Å². The molecule has 1 aromatic heterocycles. The monoisotopic (exact) mass is 246 g/mol. The zero-order chi connectivity index (χ0) is 12.3. The van der Waals surface area contributed by atoms with Gasteiger partial charge in [0.25, 0.3) is 0 Å². The van der Waals surface area contributed by atoms with E-state index in [1.54, 1.807) is 5.38 Å². The zero-order valence-corrected chi connectivity index (χ0v) is 10.5. The summed E-state index contributed by atoms with van der Waals surface area (Å²) < 4.78 is 0. The number of nitrogens with two attached hydrogens (primary N) is 1. The Labute approximate surface area is 104 Å². The molecule has 1 aromatic carbocycles. The van der Waals surface area contributed by atoms with E-state index in [1.807, 2.05) is 31.2 Å². The standard InChI is InChI=1S/C13H14N2OS/c1-9-2-4-10(5-3-9)13(16)11-8-17-12(15-11)6-7-14/h2-5,8H,6-7,14H2,1H3. The number of benzene rings is 1. The Morgan fingerprint density at radius 2 is 2.06 bits per heavy atom. The fraction of sp³-hybridized carbons (Fsp3) is 0.231. The van der Waals surface area contributed by atoms with Gasteiger partial charge in [-0.2, -0.15) is 0 Å². The number of thiazole rings is 1. The first-order valence-corrected chi connectivity index (χ1v) is 6.34. The molecule has 2 N–H and O–H groups in total. The summed E-state index contributed by atoms with van der Waals surface area (Å²) in [6.45, 7) is 2.56. The second-order valence-electron chi connectivity index (χ2n) is 3.86. The minimum atomic E-state index is -0.0236. The van der Waals surface area contributed by atoms with Crippen LogP contribution in [0.15, 0.2) is 29.6 Å². The first kappa shape index (κ1) is 12.0. The molecule has 2 rings (SSSR count). The molecule has 88 valence electrons. The minimum Gasteiger partial charge on any atom is -0.330 e. The van der Waals surface area contributed by atoms with Crippen LogP contribution >= 0.6 is 11.3 Å². The van der Waals surface area contributed by atoms with E-state index < -0.39 is 0 Å². The Bertz CT molecular complexity index is 516. The van der Waals surface area contributed by atoms with Crippen molar-refractivity contribution in [3.8, 4) is 0 Å². The van der Waals surface area contributed by atoms with Crippen molar-refractivity contribution in [2.24, 2.45) is 5.73 Å². The number of aromatic nitrogens is 1. The van der Waals surface area contributed by atoms with Gasteiger partial charge >= 0.3 is 0 Å². The van der Waals surface area contributed by atoms with Crippen molar-refractivity contribution in [3.05, 3.63) is 51.5 Å². The van der Waals surface area contributed by atoms with Crippen LogP contribution in [0.2, 0.25) is 0 Å². The third kappa shape index (κ3) is 2.78. The topological polar surface area (TPSA) is 56.0 Å². The third-order valence-electron chi connectivity index (χ3n) is 2.46. The highest BCUT2D eigenvalue weighted by molar-refractivity contribution is 7.09. The lowest BCUT2D eigenvalue weighted by Crippen LogP contribution is -2.04. The van der Waals surface area contributed by atoms with Crippen LogP contribution in [0.3, 0.4) is 0 Å². The first-order valence-electron chi connectivity index (χ1n) is 5.46. The van der Waals surface area contributed by atoms with E-state index in [1.165, 1.54) is 11.3 Å². The van der Waals surface area contributed by atoms with Crippen LogP contribution in [-0.2, 0) is 6.42 Å².